The number of allylic oxidation sites excluding steroid dienone is 1. The highest BCUT2D eigenvalue weighted by molar-refractivity contribution is 8.93. The Morgan fingerprint density at radius 1 is 0.750 bits per heavy atom. The summed E-state index contributed by atoms with van der Waals surface area (Å²) in [5, 5.41) is 3.74. The predicted octanol–water partition coefficient (Wildman–Crippen LogP) is 4.48. The molecule has 4 heteroatoms. The minimum Gasteiger partial charge on any atom is -0.466 e. The van der Waals surface area contributed by atoms with Gasteiger partial charge in [-0.05, 0) is 29.7 Å². The van der Waals surface area contributed by atoms with E-state index in [1.54, 1.807) is 6.92 Å². The number of carbonyl (C=O) groups excluding carboxylic acids is 1. The zero-order chi connectivity index (χ0) is 19.1. The van der Waals surface area contributed by atoms with Gasteiger partial charge in [0.2, 0.25) is 0 Å². The van der Waals surface area contributed by atoms with Crippen molar-refractivity contribution in [1.29, 1.82) is 0 Å². The van der Waals surface area contributed by atoms with Crippen LogP contribution in [0.2, 0.25) is 0 Å². The van der Waals surface area contributed by atoms with Crippen molar-refractivity contribution in [2.75, 3.05) is 7.11 Å². The van der Waals surface area contributed by atoms with Gasteiger partial charge in [0.25, 0.3) is 0 Å². The molecule has 0 bridgehead atoms. The van der Waals surface area contributed by atoms with E-state index < -0.39 is 6.89 Å². The van der Waals surface area contributed by atoms with Crippen molar-refractivity contribution in [3.63, 3.8) is 0 Å². The molecule has 0 N–H and O–H groups in total. The Hall–Kier alpha value is -2.35. The van der Waals surface area contributed by atoms with E-state index in [9.17, 15) is 4.79 Å². The van der Waals surface area contributed by atoms with Gasteiger partial charge in [-0.1, -0.05) is 103 Å². The Bertz CT molecular complexity index is 877. The third-order valence-electron chi connectivity index (χ3n) is 4.55. The summed E-state index contributed by atoms with van der Waals surface area (Å²) >= 11 is 0. The lowest BCUT2D eigenvalue weighted by atomic mass is 10.3. The number of rotatable bonds is 5. The van der Waals surface area contributed by atoms with E-state index in [1.807, 2.05) is 24.3 Å². The molecule has 0 saturated carbocycles. The van der Waals surface area contributed by atoms with Crippen molar-refractivity contribution in [3.05, 3.63) is 103 Å². The van der Waals surface area contributed by atoms with Gasteiger partial charge in [-0.2, -0.15) is 0 Å². The van der Waals surface area contributed by atoms with E-state index in [0.717, 1.165) is 0 Å². The molecule has 0 unspecified atom stereocenters. The molecule has 28 heavy (non-hydrogen) atoms. The van der Waals surface area contributed by atoms with Gasteiger partial charge in [-0.3, -0.25) is 0 Å². The minimum atomic E-state index is -2.07. The Balaban J connectivity index is 0.00000280. The van der Waals surface area contributed by atoms with Crippen LogP contribution in [0, 0.1) is 0 Å². The number of ether oxygens (including phenoxy) is 1. The average Bonchev–Trinajstić information content (AvgIpc) is 2.75. The molecule has 3 aromatic carbocycles. The quantitative estimate of drug-likeness (QED) is 0.322. The molecule has 3 rings (SSSR count). The van der Waals surface area contributed by atoms with Crippen LogP contribution < -0.4 is 15.9 Å². The lowest BCUT2D eigenvalue weighted by Crippen LogP contribution is -2.26. The fourth-order valence-corrected chi connectivity index (χ4v) is 6.93. The minimum absolute atomic E-state index is 0. The Morgan fingerprint density at radius 2 is 1.11 bits per heavy atom. The van der Waals surface area contributed by atoms with E-state index in [4.69, 9.17) is 4.74 Å². The molecule has 0 spiro atoms. The molecule has 0 aromatic heterocycles. The standard InChI is InChI=1S/C24H23O2P.BrH/c1-20(24(25)26-2)18-19-27(21-12-6-3-7-13-21,22-14-8-4-9-15-22)23-16-10-5-11-17-23;/h3-19H,1-2H3;1H/b20-18-;. The first kappa shape index (κ1) is 21.9. The van der Waals surface area contributed by atoms with Crippen molar-refractivity contribution in [2.45, 2.75) is 6.92 Å². The molecule has 0 radical (unpaired) electrons. The van der Waals surface area contributed by atoms with E-state index >= 15 is 0 Å². The highest BCUT2D eigenvalue weighted by Crippen LogP contribution is 2.43. The van der Waals surface area contributed by atoms with Crippen LogP contribution in [-0.2, 0) is 9.53 Å². The maximum atomic E-state index is 11.9. The van der Waals surface area contributed by atoms with E-state index in [1.165, 1.54) is 23.0 Å². The third-order valence-corrected chi connectivity index (χ3v) is 8.48. The molecule has 0 heterocycles. The number of hydrogen-bond acceptors (Lipinski definition) is 2. The van der Waals surface area contributed by atoms with Crippen LogP contribution in [0.15, 0.2) is 103 Å². The van der Waals surface area contributed by atoms with Gasteiger partial charge in [0.15, 0.2) is 0 Å². The Labute approximate surface area is 177 Å². The molecule has 0 amide bonds. The monoisotopic (exact) mass is 454 g/mol. The van der Waals surface area contributed by atoms with Gasteiger partial charge in [0.05, 0.1) is 7.11 Å². The number of carbonyl (C=O) groups is 1. The van der Waals surface area contributed by atoms with Crippen LogP contribution in [0.4, 0.5) is 0 Å². The van der Waals surface area contributed by atoms with Gasteiger partial charge < -0.3 is 4.74 Å². The molecule has 2 nitrogen and oxygen atoms in total. The summed E-state index contributed by atoms with van der Waals surface area (Å²) < 4.78 is 4.88. The number of benzene rings is 3. The van der Waals surface area contributed by atoms with Crippen molar-refractivity contribution in [2.24, 2.45) is 0 Å². The average molecular weight is 455 g/mol. The molecule has 144 valence electrons. The lowest BCUT2D eigenvalue weighted by molar-refractivity contribution is -0.136. The normalized spacial score (nSPS) is 11.3. The van der Waals surface area contributed by atoms with Crippen molar-refractivity contribution in [1.82, 2.24) is 0 Å². The van der Waals surface area contributed by atoms with Crippen LogP contribution in [0.1, 0.15) is 6.92 Å². The maximum Gasteiger partial charge on any atom is 0.333 e. The summed E-state index contributed by atoms with van der Waals surface area (Å²) in [6, 6.07) is 31.5. The topological polar surface area (TPSA) is 26.3 Å². The van der Waals surface area contributed by atoms with Crippen molar-refractivity contribution < 1.29 is 9.53 Å². The summed E-state index contributed by atoms with van der Waals surface area (Å²) in [6.07, 6.45) is 1.91. The van der Waals surface area contributed by atoms with Crippen LogP contribution in [0.3, 0.4) is 0 Å². The Morgan fingerprint density at radius 3 is 1.43 bits per heavy atom. The molecule has 0 aliphatic rings. The summed E-state index contributed by atoms with van der Waals surface area (Å²) in [4.78, 5) is 11.9. The van der Waals surface area contributed by atoms with Crippen molar-refractivity contribution >= 4 is 51.5 Å². The number of esters is 1. The van der Waals surface area contributed by atoms with Crippen LogP contribution in [-0.4, -0.2) is 18.9 Å². The molecule has 0 atom stereocenters. The lowest BCUT2D eigenvalue weighted by Gasteiger charge is -2.28. The van der Waals surface area contributed by atoms with Crippen molar-refractivity contribution in [3.8, 4) is 0 Å². The first-order valence-electron chi connectivity index (χ1n) is 8.85. The molecule has 0 fully saturated rings. The molecule has 3 aromatic rings. The number of hydrogen-bond donors (Lipinski definition) is 0. The van der Waals surface area contributed by atoms with Crippen LogP contribution in [0.5, 0.6) is 0 Å². The van der Waals surface area contributed by atoms with E-state index in [0.29, 0.717) is 5.57 Å². The molecule has 0 aliphatic heterocycles. The SMILES string of the molecule is Br.COC(=O)/C(C)=C\C=P(c1ccccc1)(c1ccccc1)c1ccccc1. The molecule has 0 saturated heterocycles. The summed E-state index contributed by atoms with van der Waals surface area (Å²) in [7, 11) is 1.41. The van der Waals surface area contributed by atoms with Gasteiger partial charge in [-0.15, -0.1) is 17.0 Å². The first-order chi connectivity index (χ1) is 13.2. The first-order valence-corrected chi connectivity index (χ1v) is 10.7. The smallest absolute Gasteiger partial charge is 0.333 e. The molecular formula is C24H24BrO2P. The maximum absolute atomic E-state index is 11.9. The van der Waals surface area contributed by atoms with Gasteiger partial charge in [0, 0.05) is 5.57 Å². The van der Waals surface area contributed by atoms with Gasteiger partial charge in [-0.25, -0.2) is 4.79 Å². The zero-order valence-electron chi connectivity index (χ0n) is 16.0. The second-order valence-electron chi connectivity index (χ2n) is 6.22. The molecule has 0 aliphatic carbocycles. The van der Waals surface area contributed by atoms with E-state index in [-0.39, 0.29) is 23.0 Å². The van der Waals surface area contributed by atoms with E-state index in [2.05, 4.69) is 78.6 Å². The highest BCUT2D eigenvalue weighted by Gasteiger charge is 2.24. The van der Waals surface area contributed by atoms with Crippen LogP contribution in [0.25, 0.3) is 0 Å². The van der Waals surface area contributed by atoms with Gasteiger partial charge in [0.1, 0.15) is 0 Å². The van der Waals surface area contributed by atoms with Gasteiger partial charge >= 0.3 is 5.97 Å². The number of halogens is 1. The molecular weight excluding hydrogens is 431 g/mol. The second kappa shape index (κ2) is 10.3. The highest BCUT2D eigenvalue weighted by atomic mass is 79.9. The second-order valence-corrected chi connectivity index (χ2v) is 9.51. The third kappa shape index (κ3) is 4.55. The predicted molar refractivity (Wildman–Crippen MR) is 127 cm³/mol. The summed E-state index contributed by atoms with van der Waals surface area (Å²) in [5.41, 5.74) is 0.588. The zero-order valence-corrected chi connectivity index (χ0v) is 18.6. The van der Waals surface area contributed by atoms with Crippen LogP contribution >= 0.6 is 23.9 Å². The summed E-state index contributed by atoms with van der Waals surface area (Å²) in [6.45, 7) is -0.277. The fourth-order valence-electron chi connectivity index (χ4n) is 3.15. The Kier molecular flexibility index (Phi) is 8.04. The summed E-state index contributed by atoms with van der Waals surface area (Å²) in [5.74, 6) is 1.90. The fraction of sp³-hybridized carbons (Fsp3) is 0.0833. The largest absolute Gasteiger partial charge is 0.466 e. The number of methoxy groups -OCH3 is 1.